The number of hydrogen-bond donors (Lipinski definition) is 1. The van der Waals surface area contributed by atoms with E-state index in [1.165, 1.54) is 6.07 Å². The summed E-state index contributed by atoms with van der Waals surface area (Å²) in [6.45, 7) is 0. The second-order valence-electron chi connectivity index (χ2n) is 2.72. The number of aryl methyl sites for hydroxylation is 1. The van der Waals surface area contributed by atoms with Crippen LogP contribution in [0.4, 0.5) is 0 Å². The van der Waals surface area contributed by atoms with Crippen LogP contribution in [-0.4, -0.2) is 26.0 Å². The fraction of sp³-hybridized carbons (Fsp3) is 0.125. The largest absolute Gasteiger partial charge is 0.475 e. The molecule has 1 N–H and O–H groups in total. The van der Waals surface area contributed by atoms with Crippen LogP contribution in [0.5, 0.6) is 0 Å². The van der Waals surface area contributed by atoms with Crippen molar-refractivity contribution in [1.29, 1.82) is 0 Å². The van der Waals surface area contributed by atoms with Gasteiger partial charge in [-0.3, -0.25) is 4.68 Å². The molecule has 0 atom stereocenters. The van der Waals surface area contributed by atoms with Crippen LogP contribution in [0.3, 0.4) is 0 Å². The van der Waals surface area contributed by atoms with Gasteiger partial charge in [0.25, 0.3) is 0 Å². The molecule has 2 aromatic heterocycles. The number of rotatable bonds is 2. The third kappa shape index (κ3) is 1.26. The highest BCUT2D eigenvalue weighted by atomic mass is 16.5. The van der Waals surface area contributed by atoms with E-state index in [0.717, 1.165) is 0 Å². The Balaban J connectivity index is 2.43. The average molecular weight is 193 g/mol. The second kappa shape index (κ2) is 2.99. The molecule has 0 saturated carbocycles. The van der Waals surface area contributed by atoms with Gasteiger partial charge < -0.3 is 9.63 Å². The van der Waals surface area contributed by atoms with Crippen LogP contribution in [0.15, 0.2) is 22.9 Å². The number of carbonyl (C=O) groups is 1. The molecule has 0 aliphatic carbocycles. The van der Waals surface area contributed by atoms with Crippen molar-refractivity contribution >= 4 is 5.97 Å². The van der Waals surface area contributed by atoms with Gasteiger partial charge in [0.1, 0.15) is 5.69 Å². The van der Waals surface area contributed by atoms with Crippen LogP contribution < -0.4 is 0 Å². The van der Waals surface area contributed by atoms with E-state index in [9.17, 15) is 4.79 Å². The standard InChI is InChI=1S/C8H7N3O3/c1-11-6(2-3-9-11)5-4-7(8(12)13)14-10-5/h2-4H,1H3,(H,12,13). The lowest BCUT2D eigenvalue weighted by Crippen LogP contribution is -1.93. The number of carboxylic acids is 1. The Labute approximate surface area is 78.7 Å². The molecule has 0 saturated heterocycles. The molecule has 2 rings (SSSR count). The number of aromatic carboxylic acids is 1. The van der Waals surface area contributed by atoms with Crippen molar-refractivity contribution < 1.29 is 14.4 Å². The summed E-state index contributed by atoms with van der Waals surface area (Å²) in [7, 11) is 1.74. The van der Waals surface area contributed by atoms with Crippen molar-refractivity contribution in [2.75, 3.05) is 0 Å². The van der Waals surface area contributed by atoms with Crippen molar-refractivity contribution in [2.24, 2.45) is 7.05 Å². The summed E-state index contributed by atoms with van der Waals surface area (Å²) in [4.78, 5) is 10.5. The van der Waals surface area contributed by atoms with Gasteiger partial charge in [-0.15, -0.1) is 0 Å². The van der Waals surface area contributed by atoms with Crippen LogP contribution in [-0.2, 0) is 7.05 Å². The molecule has 6 nitrogen and oxygen atoms in total. The summed E-state index contributed by atoms with van der Waals surface area (Å²) < 4.78 is 6.20. The Morgan fingerprint density at radius 1 is 1.64 bits per heavy atom. The molecule has 0 aliphatic heterocycles. The van der Waals surface area contributed by atoms with Crippen LogP contribution in [0.1, 0.15) is 10.6 Å². The summed E-state index contributed by atoms with van der Waals surface area (Å²) in [6, 6.07) is 3.09. The van der Waals surface area contributed by atoms with Crippen molar-refractivity contribution in [3.63, 3.8) is 0 Å². The highest BCUT2D eigenvalue weighted by molar-refractivity contribution is 5.85. The molecule has 0 radical (unpaired) electrons. The molecule has 14 heavy (non-hydrogen) atoms. The van der Waals surface area contributed by atoms with Gasteiger partial charge in [-0.05, 0) is 6.07 Å². The fourth-order valence-corrected chi connectivity index (χ4v) is 1.12. The van der Waals surface area contributed by atoms with E-state index >= 15 is 0 Å². The molecular weight excluding hydrogens is 186 g/mol. The molecule has 72 valence electrons. The van der Waals surface area contributed by atoms with Gasteiger partial charge >= 0.3 is 5.97 Å². The predicted octanol–water partition coefficient (Wildman–Crippen LogP) is 0.773. The van der Waals surface area contributed by atoms with Crippen molar-refractivity contribution in [2.45, 2.75) is 0 Å². The van der Waals surface area contributed by atoms with Gasteiger partial charge in [-0.1, -0.05) is 5.16 Å². The smallest absolute Gasteiger partial charge is 0.374 e. The van der Waals surface area contributed by atoms with Crippen molar-refractivity contribution in [3.8, 4) is 11.4 Å². The van der Waals surface area contributed by atoms with E-state index in [4.69, 9.17) is 5.11 Å². The van der Waals surface area contributed by atoms with Gasteiger partial charge in [-0.25, -0.2) is 4.79 Å². The topological polar surface area (TPSA) is 81.2 Å². The number of carboxylic acid groups (broad SMARTS) is 1. The lowest BCUT2D eigenvalue weighted by Gasteiger charge is -1.93. The summed E-state index contributed by atoms with van der Waals surface area (Å²) in [5.74, 6) is -1.31. The molecule has 0 aliphatic rings. The first kappa shape index (κ1) is 8.49. The Morgan fingerprint density at radius 2 is 2.43 bits per heavy atom. The summed E-state index contributed by atoms with van der Waals surface area (Å²) in [5, 5.41) is 16.2. The Kier molecular flexibility index (Phi) is 1.81. The number of aromatic nitrogens is 3. The molecule has 2 aromatic rings. The molecule has 0 aromatic carbocycles. The Morgan fingerprint density at radius 3 is 2.93 bits per heavy atom. The quantitative estimate of drug-likeness (QED) is 0.761. The highest BCUT2D eigenvalue weighted by Crippen LogP contribution is 2.17. The highest BCUT2D eigenvalue weighted by Gasteiger charge is 2.13. The Hall–Kier alpha value is -2.11. The van der Waals surface area contributed by atoms with Crippen LogP contribution in [0.2, 0.25) is 0 Å². The van der Waals surface area contributed by atoms with E-state index in [1.54, 1.807) is 24.0 Å². The van der Waals surface area contributed by atoms with Crippen LogP contribution in [0.25, 0.3) is 11.4 Å². The first-order chi connectivity index (χ1) is 6.68. The minimum Gasteiger partial charge on any atom is -0.475 e. The Bertz CT molecular complexity index is 472. The maximum absolute atomic E-state index is 10.5. The normalized spacial score (nSPS) is 10.4. The first-order valence-electron chi connectivity index (χ1n) is 3.87. The summed E-state index contributed by atoms with van der Waals surface area (Å²) in [6.07, 6.45) is 1.60. The molecule has 0 fully saturated rings. The number of hydrogen-bond acceptors (Lipinski definition) is 4. The van der Waals surface area contributed by atoms with E-state index in [-0.39, 0.29) is 5.76 Å². The van der Waals surface area contributed by atoms with Gasteiger partial charge in [-0.2, -0.15) is 5.10 Å². The molecular formula is C8H7N3O3. The number of nitrogens with zero attached hydrogens (tertiary/aromatic N) is 3. The zero-order chi connectivity index (χ0) is 10.1. The summed E-state index contributed by atoms with van der Waals surface area (Å²) >= 11 is 0. The molecule has 0 amide bonds. The van der Waals surface area contributed by atoms with E-state index in [2.05, 4.69) is 14.8 Å². The van der Waals surface area contributed by atoms with E-state index in [0.29, 0.717) is 11.4 Å². The minimum absolute atomic E-state index is 0.179. The fourth-order valence-electron chi connectivity index (χ4n) is 1.12. The minimum atomic E-state index is -1.13. The van der Waals surface area contributed by atoms with Crippen LogP contribution >= 0.6 is 0 Å². The van der Waals surface area contributed by atoms with Crippen molar-refractivity contribution in [1.82, 2.24) is 14.9 Å². The zero-order valence-electron chi connectivity index (χ0n) is 7.34. The van der Waals surface area contributed by atoms with Gasteiger partial charge in [0.05, 0.1) is 5.69 Å². The van der Waals surface area contributed by atoms with Crippen LogP contribution in [0, 0.1) is 0 Å². The molecule has 0 bridgehead atoms. The maximum atomic E-state index is 10.5. The molecule has 0 unspecified atom stereocenters. The SMILES string of the molecule is Cn1nccc1-c1cc(C(=O)O)on1. The van der Waals surface area contributed by atoms with E-state index < -0.39 is 5.97 Å². The summed E-state index contributed by atoms with van der Waals surface area (Å²) in [5.41, 5.74) is 1.17. The first-order valence-corrected chi connectivity index (χ1v) is 3.87. The maximum Gasteiger partial charge on any atom is 0.374 e. The lowest BCUT2D eigenvalue weighted by molar-refractivity contribution is 0.0652. The lowest BCUT2D eigenvalue weighted by atomic mass is 10.3. The average Bonchev–Trinajstić information content (AvgIpc) is 2.71. The second-order valence-corrected chi connectivity index (χ2v) is 2.72. The van der Waals surface area contributed by atoms with Gasteiger partial charge in [0.15, 0.2) is 0 Å². The predicted molar refractivity (Wildman–Crippen MR) is 45.7 cm³/mol. The molecule has 2 heterocycles. The zero-order valence-corrected chi connectivity index (χ0v) is 7.34. The third-order valence-corrected chi connectivity index (χ3v) is 1.80. The monoisotopic (exact) mass is 193 g/mol. The van der Waals surface area contributed by atoms with Crippen molar-refractivity contribution in [3.05, 3.63) is 24.1 Å². The molecule has 0 spiro atoms. The van der Waals surface area contributed by atoms with Gasteiger partial charge in [0, 0.05) is 19.3 Å². The van der Waals surface area contributed by atoms with Gasteiger partial charge in [0.2, 0.25) is 5.76 Å². The molecule has 6 heteroatoms. The third-order valence-electron chi connectivity index (χ3n) is 1.80. The van der Waals surface area contributed by atoms with E-state index in [1.807, 2.05) is 0 Å².